The first kappa shape index (κ1) is 13.6. The van der Waals surface area contributed by atoms with Gasteiger partial charge in [0.2, 0.25) is 6.41 Å². The van der Waals surface area contributed by atoms with Crippen molar-refractivity contribution in [3.05, 3.63) is 35.4 Å². The summed E-state index contributed by atoms with van der Waals surface area (Å²) in [5.74, 6) is -0.339. The Kier molecular flexibility index (Phi) is 4.55. The maximum Gasteiger partial charge on any atom is 0.332 e. The lowest BCUT2D eigenvalue weighted by Crippen LogP contribution is -2.39. The van der Waals surface area contributed by atoms with Crippen molar-refractivity contribution in [1.82, 2.24) is 5.06 Å². The summed E-state index contributed by atoms with van der Waals surface area (Å²) in [6.07, 6.45) is 4.17. The maximum atomic E-state index is 11.5. The van der Waals surface area contributed by atoms with E-state index >= 15 is 0 Å². The Hall–Kier alpha value is -1.84. The van der Waals surface area contributed by atoms with Gasteiger partial charge in [-0.05, 0) is 36.8 Å². The van der Waals surface area contributed by atoms with Crippen LogP contribution in [0.3, 0.4) is 0 Å². The lowest BCUT2D eigenvalue weighted by atomic mass is 9.88. The molecule has 1 atom stereocenters. The van der Waals surface area contributed by atoms with E-state index in [1.54, 1.807) is 0 Å². The van der Waals surface area contributed by atoms with Crippen LogP contribution in [0.25, 0.3) is 0 Å². The standard InChI is InChI=1S/C15H19NO3/c1-2-5-15(18)19-16(11-17)14-9-8-12-6-3-4-7-13(12)10-14/h3-4,6-7,11,14H,2,5,8-10H2,1H3. The summed E-state index contributed by atoms with van der Waals surface area (Å²) in [5.41, 5.74) is 2.56. The van der Waals surface area contributed by atoms with E-state index < -0.39 is 0 Å². The molecule has 4 heteroatoms. The molecule has 1 aliphatic rings. The monoisotopic (exact) mass is 261 g/mol. The van der Waals surface area contributed by atoms with Crippen molar-refractivity contribution in [2.75, 3.05) is 0 Å². The third-order valence-corrected chi connectivity index (χ3v) is 3.45. The topological polar surface area (TPSA) is 46.6 Å². The highest BCUT2D eigenvalue weighted by molar-refractivity contribution is 5.70. The van der Waals surface area contributed by atoms with Crippen LogP contribution in [0.1, 0.15) is 37.3 Å². The number of carbonyl (C=O) groups is 2. The number of hydrogen-bond acceptors (Lipinski definition) is 3. The van der Waals surface area contributed by atoms with Gasteiger partial charge in [-0.2, -0.15) is 5.06 Å². The molecule has 0 spiro atoms. The van der Waals surface area contributed by atoms with Crippen molar-refractivity contribution in [1.29, 1.82) is 0 Å². The highest BCUT2D eigenvalue weighted by atomic mass is 16.7. The molecule has 0 heterocycles. The van der Waals surface area contributed by atoms with E-state index in [9.17, 15) is 9.59 Å². The minimum absolute atomic E-state index is 0.0480. The first-order valence-corrected chi connectivity index (χ1v) is 6.75. The van der Waals surface area contributed by atoms with E-state index in [1.807, 2.05) is 19.1 Å². The third kappa shape index (κ3) is 3.34. The lowest BCUT2D eigenvalue weighted by Gasteiger charge is -2.30. The van der Waals surface area contributed by atoms with Crippen molar-refractivity contribution in [3.63, 3.8) is 0 Å². The van der Waals surface area contributed by atoms with Crippen LogP contribution < -0.4 is 0 Å². The molecule has 0 saturated heterocycles. The van der Waals surface area contributed by atoms with Crippen molar-refractivity contribution in [3.8, 4) is 0 Å². The SMILES string of the molecule is CCCC(=O)ON(C=O)C1CCc2ccccc2C1. The minimum Gasteiger partial charge on any atom is -0.338 e. The molecule has 102 valence electrons. The van der Waals surface area contributed by atoms with Crippen molar-refractivity contribution >= 4 is 12.4 Å². The highest BCUT2D eigenvalue weighted by Crippen LogP contribution is 2.24. The second-order valence-electron chi connectivity index (χ2n) is 4.84. The molecule has 0 aliphatic heterocycles. The van der Waals surface area contributed by atoms with Crippen LogP contribution in [0.15, 0.2) is 24.3 Å². The van der Waals surface area contributed by atoms with E-state index in [2.05, 4.69) is 12.1 Å². The number of rotatable bonds is 5. The Morgan fingerprint density at radius 2 is 2.16 bits per heavy atom. The number of nitrogens with zero attached hydrogens (tertiary/aromatic N) is 1. The first-order valence-electron chi connectivity index (χ1n) is 6.75. The molecular formula is C15H19NO3. The van der Waals surface area contributed by atoms with Crippen LogP contribution in [0.4, 0.5) is 0 Å². The van der Waals surface area contributed by atoms with Crippen LogP contribution in [0, 0.1) is 0 Å². The minimum atomic E-state index is -0.339. The van der Waals surface area contributed by atoms with Gasteiger partial charge in [-0.25, -0.2) is 4.79 Å². The molecule has 1 aromatic carbocycles. The lowest BCUT2D eigenvalue weighted by molar-refractivity contribution is -0.200. The predicted molar refractivity (Wildman–Crippen MR) is 71.2 cm³/mol. The molecule has 1 aromatic rings. The summed E-state index contributed by atoms with van der Waals surface area (Å²) in [4.78, 5) is 27.7. The Morgan fingerprint density at radius 1 is 1.42 bits per heavy atom. The number of benzene rings is 1. The molecule has 0 fully saturated rings. The van der Waals surface area contributed by atoms with Gasteiger partial charge in [0.1, 0.15) is 0 Å². The van der Waals surface area contributed by atoms with Crippen molar-refractivity contribution in [2.45, 2.75) is 45.1 Å². The quantitative estimate of drug-likeness (QED) is 0.603. The fraction of sp³-hybridized carbons (Fsp3) is 0.467. The Labute approximate surface area is 113 Å². The number of aryl methyl sites for hydroxylation is 1. The molecule has 0 bridgehead atoms. The summed E-state index contributed by atoms with van der Waals surface area (Å²) in [5, 5.41) is 1.19. The molecule has 1 aliphatic carbocycles. The molecule has 1 amide bonds. The van der Waals surface area contributed by atoms with Gasteiger partial charge in [-0.15, -0.1) is 0 Å². The Morgan fingerprint density at radius 3 is 2.84 bits per heavy atom. The molecule has 2 rings (SSSR count). The van der Waals surface area contributed by atoms with Crippen LogP contribution in [-0.4, -0.2) is 23.5 Å². The van der Waals surface area contributed by atoms with Gasteiger partial charge in [0.15, 0.2) is 0 Å². The number of hydroxylamine groups is 2. The molecule has 0 N–H and O–H groups in total. The molecule has 19 heavy (non-hydrogen) atoms. The number of carbonyl (C=O) groups excluding carboxylic acids is 2. The van der Waals surface area contributed by atoms with Gasteiger partial charge in [0.05, 0.1) is 6.04 Å². The summed E-state index contributed by atoms with van der Waals surface area (Å²) in [7, 11) is 0. The molecular weight excluding hydrogens is 242 g/mol. The highest BCUT2D eigenvalue weighted by Gasteiger charge is 2.25. The Bertz CT molecular complexity index is 458. The van der Waals surface area contributed by atoms with Crippen LogP contribution in [-0.2, 0) is 27.3 Å². The molecule has 0 radical (unpaired) electrons. The Balaban J connectivity index is 2.01. The second kappa shape index (κ2) is 6.36. The fourth-order valence-electron chi connectivity index (χ4n) is 2.45. The third-order valence-electron chi connectivity index (χ3n) is 3.45. The average molecular weight is 261 g/mol. The smallest absolute Gasteiger partial charge is 0.332 e. The largest absolute Gasteiger partial charge is 0.338 e. The number of amides is 1. The van der Waals surface area contributed by atoms with Crippen molar-refractivity contribution < 1.29 is 14.4 Å². The van der Waals surface area contributed by atoms with Crippen molar-refractivity contribution in [2.24, 2.45) is 0 Å². The van der Waals surface area contributed by atoms with Gasteiger partial charge in [-0.1, -0.05) is 31.2 Å². The fourth-order valence-corrected chi connectivity index (χ4v) is 2.45. The second-order valence-corrected chi connectivity index (χ2v) is 4.84. The average Bonchev–Trinajstić information content (AvgIpc) is 2.44. The van der Waals surface area contributed by atoms with Gasteiger partial charge in [0, 0.05) is 6.42 Å². The molecule has 0 saturated carbocycles. The maximum absolute atomic E-state index is 11.5. The normalized spacial score (nSPS) is 17.4. The van der Waals surface area contributed by atoms with Crippen LogP contribution in [0.5, 0.6) is 0 Å². The predicted octanol–water partition coefficient (Wildman–Crippen LogP) is 2.26. The van der Waals surface area contributed by atoms with Gasteiger partial charge >= 0.3 is 5.97 Å². The van der Waals surface area contributed by atoms with E-state index in [0.29, 0.717) is 12.8 Å². The van der Waals surface area contributed by atoms with E-state index in [0.717, 1.165) is 25.7 Å². The summed E-state index contributed by atoms with van der Waals surface area (Å²) < 4.78 is 0. The molecule has 1 unspecified atom stereocenters. The number of fused-ring (bicyclic) bond motifs is 1. The zero-order valence-corrected chi connectivity index (χ0v) is 11.2. The summed E-state index contributed by atoms with van der Waals surface area (Å²) in [6.45, 7) is 1.91. The zero-order chi connectivity index (χ0) is 13.7. The van der Waals surface area contributed by atoms with E-state index in [1.165, 1.54) is 16.2 Å². The summed E-state index contributed by atoms with van der Waals surface area (Å²) >= 11 is 0. The zero-order valence-electron chi connectivity index (χ0n) is 11.2. The van der Waals surface area contributed by atoms with Crippen LogP contribution >= 0.6 is 0 Å². The van der Waals surface area contributed by atoms with E-state index in [-0.39, 0.29) is 12.0 Å². The van der Waals surface area contributed by atoms with Crippen LogP contribution in [0.2, 0.25) is 0 Å². The van der Waals surface area contributed by atoms with Gasteiger partial charge in [-0.3, -0.25) is 4.79 Å². The van der Waals surface area contributed by atoms with Gasteiger partial charge < -0.3 is 4.84 Å². The summed E-state index contributed by atoms with van der Waals surface area (Å²) in [6, 6.07) is 8.15. The number of hydrogen-bond donors (Lipinski definition) is 0. The molecule has 4 nitrogen and oxygen atoms in total. The first-order chi connectivity index (χ1) is 9.24. The van der Waals surface area contributed by atoms with Gasteiger partial charge in [0.25, 0.3) is 0 Å². The van der Waals surface area contributed by atoms with E-state index in [4.69, 9.17) is 4.84 Å². The molecule has 0 aromatic heterocycles.